The Kier molecular flexibility index (Phi) is 4.34. The Labute approximate surface area is 157 Å². The Morgan fingerprint density at radius 3 is 2.11 bits per heavy atom. The first-order chi connectivity index (χ1) is 13.1. The lowest BCUT2D eigenvalue weighted by Crippen LogP contribution is -2.15. The number of anilines is 1. The van der Waals surface area contributed by atoms with Gasteiger partial charge in [-0.15, -0.1) is 0 Å². The summed E-state index contributed by atoms with van der Waals surface area (Å²) in [6.45, 7) is 4.06. The summed E-state index contributed by atoms with van der Waals surface area (Å²) in [5.74, 6) is 0.509. The van der Waals surface area contributed by atoms with Crippen molar-refractivity contribution in [1.82, 2.24) is 14.3 Å². The van der Waals surface area contributed by atoms with E-state index in [1.807, 2.05) is 91.5 Å². The largest absolute Gasteiger partial charge is 0.322 e. The fraction of sp³-hybridized carbons (Fsp3) is 0.0909. The van der Waals surface area contributed by atoms with Gasteiger partial charge in [0.25, 0.3) is 5.91 Å². The lowest BCUT2D eigenvalue weighted by Gasteiger charge is -2.11. The van der Waals surface area contributed by atoms with E-state index in [0.29, 0.717) is 11.4 Å². The summed E-state index contributed by atoms with van der Waals surface area (Å²) in [5, 5.41) is 7.44. The fourth-order valence-electron chi connectivity index (χ4n) is 2.94. The molecule has 0 spiro atoms. The van der Waals surface area contributed by atoms with E-state index in [1.54, 1.807) is 10.9 Å². The number of aryl methyl sites for hydroxylation is 2. The number of hydrogen-bond acceptors (Lipinski definition) is 2. The van der Waals surface area contributed by atoms with Gasteiger partial charge in [-0.1, -0.05) is 35.4 Å². The van der Waals surface area contributed by atoms with Crippen LogP contribution < -0.4 is 5.32 Å². The molecule has 134 valence electrons. The van der Waals surface area contributed by atoms with Crippen LogP contribution in [0.15, 0.2) is 79.3 Å². The first kappa shape index (κ1) is 16.8. The molecule has 0 saturated heterocycles. The Balaban J connectivity index is 1.75. The molecule has 2 heterocycles. The highest BCUT2D eigenvalue weighted by molar-refractivity contribution is 6.06. The van der Waals surface area contributed by atoms with Gasteiger partial charge in [-0.05, 0) is 50.2 Å². The summed E-state index contributed by atoms with van der Waals surface area (Å²) in [7, 11) is 0. The molecule has 0 bridgehead atoms. The predicted molar refractivity (Wildman–Crippen MR) is 107 cm³/mol. The molecule has 5 heteroatoms. The molecule has 0 unspecified atom stereocenters. The van der Waals surface area contributed by atoms with E-state index in [-0.39, 0.29) is 5.91 Å². The Morgan fingerprint density at radius 2 is 1.48 bits per heavy atom. The standard InChI is InChI=1S/C22H20N4O/c1-16-5-9-18(10-6-16)24-21(27)20-15-23-26(19-11-7-17(2)8-12-19)22(20)25-13-3-4-14-25/h3-15H,1-2H3,(H,24,27). The van der Waals surface area contributed by atoms with Crippen molar-refractivity contribution in [2.45, 2.75) is 13.8 Å². The summed E-state index contributed by atoms with van der Waals surface area (Å²) >= 11 is 0. The second kappa shape index (κ2) is 6.96. The monoisotopic (exact) mass is 356 g/mol. The normalized spacial score (nSPS) is 10.7. The minimum absolute atomic E-state index is 0.194. The molecule has 2 aromatic heterocycles. The van der Waals surface area contributed by atoms with Crippen LogP contribution in [0.4, 0.5) is 5.69 Å². The average Bonchev–Trinajstić information content (AvgIpc) is 3.33. The summed E-state index contributed by atoms with van der Waals surface area (Å²) in [6, 6.07) is 19.6. The predicted octanol–water partition coefficient (Wildman–Crippen LogP) is 4.53. The topological polar surface area (TPSA) is 51.9 Å². The van der Waals surface area contributed by atoms with Gasteiger partial charge in [0, 0.05) is 18.1 Å². The van der Waals surface area contributed by atoms with Crippen molar-refractivity contribution in [3.05, 3.63) is 95.9 Å². The zero-order chi connectivity index (χ0) is 18.8. The number of nitrogens with one attached hydrogen (secondary N) is 1. The number of hydrogen-bond donors (Lipinski definition) is 1. The lowest BCUT2D eigenvalue weighted by molar-refractivity contribution is 0.102. The molecule has 0 aliphatic rings. The third-order valence-electron chi connectivity index (χ3n) is 4.43. The highest BCUT2D eigenvalue weighted by atomic mass is 16.1. The highest BCUT2D eigenvalue weighted by Crippen LogP contribution is 2.21. The van der Waals surface area contributed by atoms with Crippen molar-refractivity contribution in [3.8, 4) is 11.5 Å². The second-order valence-corrected chi connectivity index (χ2v) is 6.54. The molecule has 27 heavy (non-hydrogen) atoms. The van der Waals surface area contributed by atoms with Gasteiger partial charge >= 0.3 is 0 Å². The van der Waals surface area contributed by atoms with Crippen LogP contribution in [0.3, 0.4) is 0 Å². The van der Waals surface area contributed by atoms with Crippen molar-refractivity contribution in [2.75, 3.05) is 5.32 Å². The third kappa shape index (κ3) is 3.40. The summed E-state index contributed by atoms with van der Waals surface area (Å²) in [5.41, 5.74) is 4.48. The number of carbonyl (C=O) groups excluding carboxylic acids is 1. The van der Waals surface area contributed by atoms with E-state index in [4.69, 9.17) is 0 Å². The number of aromatic nitrogens is 3. The molecular weight excluding hydrogens is 336 g/mol. The van der Waals surface area contributed by atoms with E-state index in [1.165, 1.54) is 5.56 Å². The molecule has 0 atom stereocenters. The maximum atomic E-state index is 12.9. The van der Waals surface area contributed by atoms with Crippen LogP contribution in [-0.2, 0) is 0 Å². The lowest BCUT2D eigenvalue weighted by atomic mass is 10.2. The molecule has 5 nitrogen and oxygen atoms in total. The Morgan fingerprint density at radius 1 is 0.889 bits per heavy atom. The molecule has 4 rings (SSSR count). The van der Waals surface area contributed by atoms with Crippen molar-refractivity contribution in [1.29, 1.82) is 0 Å². The van der Waals surface area contributed by atoms with Gasteiger partial charge in [-0.3, -0.25) is 4.79 Å². The molecule has 0 aliphatic carbocycles. The smallest absolute Gasteiger partial charge is 0.261 e. The second-order valence-electron chi connectivity index (χ2n) is 6.54. The van der Waals surface area contributed by atoms with Crippen molar-refractivity contribution < 1.29 is 4.79 Å². The van der Waals surface area contributed by atoms with Crippen LogP contribution in [0.1, 0.15) is 21.5 Å². The van der Waals surface area contributed by atoms with Crippen LogP contribution in [-0.4, -0.2) is 20.3 Å². The number of carbonyl (C=O) groups is 1. The van der Waals surface area contributed by atoms with Crippen LogP contribution >= 0.6 is 0 Å². The quantitative estimate of drug-likeness (QED) is 0.584. The van der Waals surface area contributed by atoms with E-state index in [0.717, 1.165) is 16.9 Å². The van der Waals surface area contributed by atoms with Crippen LogP contribution in [0.2, 0.25) is 0 Å². The highest BCUT2D eigenvalue weighted by Gasteiger charge is 2.20. The summed E-state index contributed by atoms with van der Waals surface area (Å²) in [6.07, 6.45) is 5.42. The molecule has 0 saturated carbocycles. The molecular formula is C22H20N4O. The maximum absolute atomic E-state index is 12.9. The number of amides is 1. The average molecular weight is 356 g/mol. The molecule has 2 aromatic carbocycles. The van der Waals surface area contributed by atoms with Crippen molar-refractivity contribution in [3.63, 3.8) is 0 Å². The van der Waals surface area contributed by atoms with Crippen LogP contribution in [0, 0.1) is 13.8 Å². The molecule has 1 amide bonds. The van der Waals surface area contributed by atoms with Gasteiger partial charge in [0.15, 0.2) is 5.82 Å². The van der Waals surface area contributed by atoms with Crippen molar-refractivity contribution in [2.24, 2.45) is 0 Å². The van der Waals surface area contributed by atoms with Gasteiger partial charge < -0.3 is 9.88 Å². The molecule has 4 aromatic rings. The minimum Gasteiger partial charge on any atom is -0.322 e. The maximum Gasteiger partial charge on any atom is 0.261 e. The van der Waals surface area contributed by atoms with Gasteiger partial charge in [-0.2, -0.15) is 5.10 Å². The van der Waals surface area contributed by atoms with Gasteiger partial charge in [0.05, 0.1) is 11.9 Å². The first-order valence-electron chi connectivity index (χ1n) is 8.78. The van der Waals surface area contributed by atoms with Gasteiger partial charge in [0.2, 0.25) is 0 Å². The van der Waals surface area contributed by atoms with E-state index >= 15 is 0 Å². The van der Waals surface area contributed by atoms with E-state index in [9.17, 15) is 4.79 Å². The van der Waals surface area contributed by atoms with Crippen LogP contribution in [0.5, 0.6) is 0 Å². The van der Waals surface area contributed by atoms with Crippen molar-refractivity contribution >= 4 is 11.6 Å². The van der Waals surface area contributed by atoms with Crippen LogP contribution in [0.25, 0.3) is 11.5 Å². The van der Waals surface area contributed by atoms with E-state index in [2.05, 4.69) is 10.4 Å². The molecule has 0 radical (unpaired) electrons. The molecule has 1 N–H and O–H groups in total. The molecule has 0 fully saturated rings. The number of rotatable bonds is 4. The Bertz CT molecular complexity index is 1060. The summed E-state index contributed by atoms with van der Waals surface area (Å²) in [4.78, 5) is 12.9. The van der Waals surface area contributed by atoms with E-state index < -0.39 is 0 Å². The fourth-order valence-corrected chi connectivity index (χ4v) is 2.94. The zero-order valence-electron chi connectivity index (χ0n) is 15.3. The summed E-state index contributed by atoms with van der Waals surface area (Å²) < 4.78 is 3.68. The number of nitrogens with zero attached hydrogens (tertiary/aromatic N) is 3. The first-order valence-corrected chi connectivity index (χ1v) is 8.78. The van der Waals surface area contributed by atoms with Gasteiger partial charge in [-0.25, -0.2) is 4.68 Å². The molecule has 0 aliphatic heterocycles. The minimum atomic E-state index is -0.194. The Hall–Kier alpha value is -3.60. The zero-order valence-corrected chi connectivity index (χ0v) is 15.3. The third-order valence-corrected chi connectivity index (χ3v) is 4.43. The van der Waals surface area contributed by atoms with Gasteiger partial charge in [0.1, 0.15) is 5.56 Å². The SMILES string of the molecule is Cc1ccc(NC(=O)c2cnn(-c3ccc(C)cc3)c2-n2cccc2)cc1. The number of benzene rings is 2.